The van der Waals surface area contributed by atoms with Crippen LogP contribution in [0.3, 0.4) is 0 Å². The molecule has 0 rings (SSSR count). The number of carbonyl (C=O) groups is 3. The van der Waals surface area contributed by atoms with Gasteiger partial charge in [-0.1, -0.05) is 157 Å². The van der Waals surface area contributed by atoms with Crippen molar-refractivity contribution in [3.8, 4) is 0 Å². The van der Waals surface area contributed by atoms with Gasteiger partial charge in [0.1, 0.15) is 12.6 Å². The number of hydrogen-bond acceptors (Lipinski definition) is 9. The first-order valence-electron chi connectivity index (χ1n) is 22.6. The number of esters is 2. The molecule has 11 nitrogen and oxygen atoms in total. The van der Waals surface area contributed by atoms with Crippen molar-refractivity contribution in [2.24, 2.45) is 5.73 Å². The van der Waals surface area contributed by atoms with E-state index in [9.17, 15) is 23.8 Å². The van der Waals surface area contributed by atoms with Gasteiger partial charge in [-0.05, 0) is 83.5 Å². The average molecular weight is 862 g/mol. The first-order chi connectivity index (χ1) is 29.1. The molecule has 0 saturated heterocycles. The topological polar surface area (TPSA) is 172 Å². The first kappa shape index (κ1) is 56.7. The van der Waals surface area contributed by atoms with Crippen molar-refractivity contribution >= 4 is 25.7 Å². The number of rotatable bonds is 41. The highest BCUT2D eigenvalue weighted by Gasteiger charge is 2.28. The summed E-state index contributed by atoms with van der Waals surface area (Å²) in [5.74, 6) is -2.50. The second kappa shape index (κ2) is 42.4. The van der Waals surface area contributed by atoms with Crippen molar-refractivity contribution < 1.29 is 47.5 Å². The van der Waals surface area contributed by atoms with Gasteiger partial charge >= 0.3 is 25.7 Å². The summed E-state index contributed by atoms with van der Waals surface area (Å²) in [5, 5.41) is 8.89. The van der Waals surface area contributed by atoms with Gasteiger partial charge in [0.15, 0.2) is 6.10 Å². The van der Waals surface area contributed by atoms with E-state index in [-0.39, 0.29) is 19.4 Å². The Bertz CT molecular complexity index is 1340. The molecule has 0 aromatic carbocycles. The second-order valence-electron chi connectivity index (χ2n) is 14.8. The maximum atomic E-state index is 12.6. The van der Waals surface area contributed by atoms with Gasteiger partial charge in [-0.3, -0.25) is 23.4 Å². The SMILES string of the molecule is CCCCC/C=C/C/C=C/C/C=C/C/C=C/C/C=C/CCC(=O)O[C@H](COC(=O)CCCCCCCCC/C=C/C/C=C/CCCCC)COP(=O)(O)OC[C@H](N)C(=O)O. The number of carboxylic acid groups (broad SMARTS) is 1. The van der Waals surface area contributed by atoms with Gasteiger partial charge in [-0.25, -0.2) is 4.57 Å². The van der Waals surface area contributed by atoms with Crippen LogP contribution in [-0.2, 0) is 37.5 Å². The number of carboxylic acids is 1. The predicted molar refractivity (Wildman–Crippen MR) is 244 cm³/mol. The van der Waals surface area contributed by atoms with Crippen molar-refractivity contribution in [2.75, 3.05) is 19.8 Å². The second-order valence-corrected chi connectivity index (χ2v) is 16.3. The Labute approximate surface area is 362 Å². The normalized spacial score (nSPS) is 14.5. The zero-order valence-corrected chi connectivity index (χ0v) is 37.9. The number of allylic oxidation sites excluding steroid dienone is 14. The molecule has 0 radical (unpaired) electrons. The minimum absolute atomic E-state index is 0.0316. The molecule has 0 aliphatic heterocycles. The van der Waals surface area contributed by atoms with Gasteiger partial charge in [-0.2, -0.15) is 0 Å². The lowest BCUT2D eigenvalue weighted by atomic mass is 10.1. The molecule has 0 aliphatic carbocycles. The number of ether oxygens (including phenoxy) is 2. The summed E-state index contributed by atoms with van der Waals surface area (Å²) in [6.45, 7) is 2.66. The third-order valence-electron chi connectivity index (χ3n) is 9.13. The molecule has 1 unspecified atom stereocenters. The Morgan fingerprint density at radius 2 is 0.917 bits per heavy atom. The smallest absolute Gasteiger partial charge is 0.472 e. The number of nitrogens with two attached hydrogens (primary N) is 1. The summed E-state index contributed by atoms with van der Waals surface area (Å²) in [7, 11) is -4.74. The van der Waals surface area contributed by atoms with Gasteiger partial charge in [0, 0.05) is 12.8 Å². The van der Waals surface area contributed by atoms with E-state index in [2.05, 4.69) is 91.3 Å². The number of phosphoric acid groups is 1. The molecular weight excluding hydrogens is 781 g/mol. The molecule has 0 bridgehead atoms. The Morgan fingerprint density at radius 1 is 0.517 bits per heavy atom. The molecule has 12 heteroatoms. The molecule has 4 N–H and O–H groups in total. The number of hydrogen-bond donors (Lipinski definition) is 3. The van der Waals surface area contributed by atoms with E-state index >= 15 is 0 Å². The Hall–Kier alpha value is -3.34. The fourth-order valence-corrected chi connectivity index (χ4v) is 6.33. The minimum atomic E-state index is -4.74. The highest BCUT2D eigenvalue weighted by Crippen LogP contribution is 2.43. The van der Waals surface area contributed by atoms with Crippen molar-refractivity contribution in [2.45, 2.75) is 180 Å². The largest absolute Gasteiger partial charge is 0.480 e. The van der Waals surface area contributed by atoms with Crippen molar-refractivity contribution in [1.29, 1.82) is 0 Å². The van der Waals surface area contributed by atoms with Crippen LogP contribution >= 0.6 is 7.82 Å². The highest BCUT2D eigenvalue weighted by atomic mass is 31.2. The Kier molecular flexibility index (Phi) is 40.0. The van der Waals surface area contributed by atoms with E-state index in [1.165, 1.54) is 57.8 Å². The Morgan fingerprint density at radius 3 is 1.38 bits per heavy atom. The van der Waals surface area contributed by atoms with Crippen LogP contribution < -0.4 is 5.73 Å². The van der Waals surface area contributed by atoms with Gasteiger partial charge < -0.3 is 25.2 Å². The third kappa shape index (κ3) is 41.4. The zero-order chi connectivity index (χ0) is 44.2. The molecule has 0 spiro atoms. The van der Waals surface area contributed by atoms with Crippen LogP contribution in [0.4, 0.5) is 0 Å². The summed E-state index contributed by atoms with van der Waals surface area (Å²) in [6, 6.07) is -1.54. The number of aliphatic carboxylic acids is 1. The number of carbonyl (C=O) groups excluding carboxylic acids is 2. The summed E-state index contributed by atoms with van der Waals surface area (Å²) in [4.78, 5) is 46.0. The summed E-state index contributed by atoms with van der Waals surface area (Å²) in [6.07, 6.45) is 52.3. The van der Waals surface area contributed by atoms with E-state index in [1.54, 1.807) is 0 Å². The fourth-order valence-electron chi connectivity index (χ4n) is 5.55. The third-order valence-corrected chi connectivity index (χ3v) is 10.1. The van der Waals surface area contributed by atoms with E-state index < -0.39 is 51.1 Å². The molecule has 0 aromatic rings. The van der Waals surface area contributed by atoms with Gasteiger partial charge in [0.25, 0.3) is 0 Å². The van der Waals surface area contributed by atoms with E-state index in [1.807, 2.05) is 12.2 Å². The van der Waals surface area contributed by atoms with Crippen LogP contribution in [0.2, 0.25) is 0 Å². The lowest BCUT2D eigenvalue weighted by molar-refractivity contribution is -0.161. The van der Waals surface area contributed by atoms with Crippen LogP contribution in [0.15, 0.2) is 85.1 Å². The molecule has 342 valence electrons. The summed E-state index contributed by atoms with van der Waals surface area (Å²) >= 11 is 0. The molecule has 60 heavy (non-hydrogen) atoms. The van der Waals surface area contributed by atoms with E-state index in [4.69, 9.17) is 24.8 Å². The van der Waals surface area contributed by atoms with Crippen LogP contribution in [0.5, 0.6) is 0 Å². The number of unbranched alkanes of at least 4 members (excludes halogenated alkanes) is 13. The van der Waals surface area contributed by atoms with E-state index in [0.717, 1.165) is 64.2 Å². The van der Waals surface area contributed by atoms with E-state index in [0.29, 0.717) is 19.3 Å². The lowest BCUT2D eigenvalue weighted by Gasteiger charge is -2.20. The van der Waals surface area contributed by atoms with Crippen LogP contribution in [0, 0.1) is 0 Å². The first-order valence-corrected chi connectivity index (χ1v) is 24.1. The molecule has 0 heterocycles. The van der Waals surface area contributed by atoms with Crippen LogP contribution in [0.1, 0.15) is 168 Å². The summed E-state index contributed by atoms with van der Waals surface area (Å²) in [5.41, 5.74) is 5.33. The molecule has 0 fully saturated rings. The highest BCUT2D eigenvalue weighted by molar-refractivity contribution is 7.47. The molecule has 0 aliphatic rings. The summed E-state index contributed by atoms with van der Waals surface area (Å²) < 4.78 is 32.6. The lowest BCUT2D eigenvalue weighted by Crippen LogP contribution is -2.34. The maximum absolute atomic E-state index is 12.6. The van der Waals surface area contributed by atoms with Gasteiger partial charge in [0.2, 0.25) is 0 Å². The quantitative estimate of drug-likeness (QED) is 0.0231. The van der Waals surface area contributed by atoms with Crippen molar-refractivity contribution in [3.05, 3.63) is 85.1 Å². The minimum Gasteiger partial charge on any atom is -0.480 e. The van der Waals surface area contributed by atoms with Crippen molar-refractivity contribution in [1.82, 2.24) is 0 Å². The van der Waals surface area contributed by atoms with Crippen LogP contribution in [0.25, 0.3) is 0 Å². The Balaban J connectivity index is 4.50. The average Bonchev–Trinajstić information content (AvgIpc) is 3.22. The number of phosphoric ester groups is 1. The zero-order valence-electron chi connectivity index (χ0n) is 37.0. The molecule has 3 atom stereocenters. The van der Waals surface area contributed by atoms with Gasteiger partial charge in [-0.15, -0.1) is 0 Å². The monoisotopic (exact) mass is 862 g/mol. The fraction of sp³-hybridized carbons (Fsp3) is 0.646. The molecule has 0 amide bonds. The van der Waals surface area contributed by atoms with Crippen LogP contribution in [-0.4, -0.2) is 59.9 Å². The predicted octanol–water partition coefficient (Wildman–Crippen LogP) is 12.3. The molecule has 0 saturated carbocycles. The molecule has 0 aromatic heterocycles. The maximum Gasteiger partial charge on any atom is 0.472 e. The van der Waals surface area contributed by atoms with Gasteiger partial charge in [0.05, 0.1) is 13.2 Å². The standard InChI is InChI=1S/C48H80NO10P/c1-3-5-7-9-11-13-15-17-19-21-22-24-26-28-30-32-34-36-38-40-47(51)59-44(42-57-60(54,55)58-43-45(49)48(52)53)41-56-46(50)39-37-35-33-31-29-27-25-23-20-18-16-14-12-10-8-6-4-2/h11-14,17-20,22,24,28,30,34,36,44-45H,3-10,15-16,21,23,25-27,29,31-33,35,37-43,49H2,1-2H3,(H,52,53)(H,54,55)/b13-11+,14-12+,19-17+,20-18+,24-22+,30-28+,36-34+/t44-,45+/m1/s1. The molecular formula is C48H80NO10P. The van der Waals surface area contributed by atoms with Crippen molar-refractivity contribution in [3.63, 3.8) is 0 Å².